The number of aromatic nitrogens is 4. The van der Waals surface area contributed by atoms with Gasteiger partial charge in [-0.3, -0.25) is 9.80 Å². The first-order chi connectivity index (χ1) is 21.6. The molecule has 4 aromatic carbocycles. The Morgan fingerprint density at radius 1 is 0.455 bits per heavy atom. The van der Waals surface area contributed by atoms with Crippen LogP contribution in [0, 0.1) is 27.0 Å². The highest BCUT2D eigenvalue weighted by Gasteiger charge is 2.42. The van der Waals surface area contributed by atoms with Gasteiger partial charge < -0.3 is 9.69 Å². The molecule has 1 aliphatic heterocycles. The molecule has 0 spiro atoms. The molecule has 2 aromatic heterocycles. The van der Waals surface area contributed by atoms with Crippen molar-refractivity contribution in [2.75, 3.05) is 9.80 Å². The highest BCUT2D eigenvalue weighted by atomic mass is 15.4. The van der Waals surface area contributed by atoms with Crippen LogP contribution in [0.5, 0.6) is 0 Å². The van der Waals surface area contributed by atoms with Gasteiger partial charge in [0.15, 0.2) is 11.6 Å². The number of hydrogen-bond acceptors (Lipinski definition) is 6. The molecular weight excluding hydrogens is 544 g/mol. The molecule has 0 radical (unpaired) electrons. The quantitative estimate of drug-likeness (QED) is 0.197. The maximum Gasteiger partial charge on any atom is 0.300 e. The van der Waals surface area contributed by atoms with Crippen molar-refractivity contribution in [1.29, 1.82) is 0 Å². The van der Waals surface area contributed by atoms with Crippen molar-refractivity contribution >= 4 is 46.3 Å². The first kappa shape index (κ1) is 26.5. The van der Waals surface area contributed by atoms with Crippen LogP contribution in [0.4, 0.5) is 46.3 Å². The Kier molecular flexibility index (Phi) is 6.50. The molecule has 0 aliphatic carbocycles. The van der Waals surface area contributed by atoms with Gasteiger partial charge >= 0.3 is 11.6 Å². The van der Waals surface area contributed by atoms with E-state index in [9.17, 15) is 0 Å². The topological polar surface area (TPSA) is 66.8 Å². The summed E-state index contributed by atoms with van der Waals surface area (Å²) in [6, 6.07) is 36.0. The molecule has 0 saturated carbocycles. The summed E-state index contributed by atoms with van der Waals surface area (Å²) in [6.07, 6.45) is 0. The highest BCUT2D eigenvalue weighted by Crippen LogP contribution is 2.53. The maximum atomic E-state index is 7.78. The second-order valence-corrected chi connectivity index (χ2v) is 10.4. The number of rotatable bonds is 4. The molecule has 0 atom stereocenters. The third-order valence-corrected chi connectivity index (χ3v) is 7.42. The van der Waals surface area contributed by atoms with Crippen molar-refractivity contribution < 1.29 is 0 Å². The molecule has 3 heterocycles. The van der Waals surface area contributed by atoms with Gasteiger partial charge in [-0.25, -0.2) is 9.97 Å². The van der Waals surface area contributed by atoms with Crippen LogP contribution >= 0.6 is 0 Å². The third kappa shape index (κ3) is 4.48. The minimum Gasteiger partial charge on any atom is -0.370 e. The monoisotopic (exact) mass is 568 g/mol. The van der Waals surface area contributed by atoms with Gasteiger partial charge in [-0.2, -0.15) is 0 Å². The molecule has 0 fully saturated rings. The van der Waals surface area contributed by atoms with Crippen LogP contribution in [0.3, 0.4) is 0 Å². The summed E-state index contributed by atoms with van der Waals surface area (Å²) in [5.41, 5.74) is 6.99. The van der Waals surface area contributed by atoms with Gasteiger partial charge in [0.1, 0.15) is 0 Å². The van der Waals surface area contributed by atoms with Crippen molar-refractivity contribution in [2.24, 2.45) is 0 Å². The molecule has 0 amide bonds. The Labute approximate surface area is 255 Å². The van der Waals surface area contributed by atoms with E-state index in [0.717, 1.165) is 33.6 Å². The van der Waals surface area contributed by atoms with Crippen LogP contribution in [0.1, 0.15) is 11.1 Å². The molecule has 0 bridgehead atoms. The normalized spacial score (nSPS) is 11.7. The summed E-state index contributed by atoms with van der Waals surface area (Å²) in [5.74, 6) is 1.70. The Bertz CT molecular complexity index is 1940. The van der Waals surface area contributed by atoms with Gasteiger partial charge in [0, 0.05) is 11.1 Å². The summed E-state index contributed by atoms with van der Waals surface area (Å²) >= 11 is 0. The Morgan fingerprint density at radius 2 is 0.795 bits per heavy atom. The van der Waals surface area contributed by atoms with Gasteiger partial charge in [-0.15, -0.1) is 9.97 Å². The first-order valence-corrected chi connectivity index (χ1v) is 14.0. The van der Waals surface area contributed by atoms with E-state index in [2.05, 4.69) is 9.69 Å². The van der Waals surface area contributed by atoms with Crippen LogP contribution in [0.15, 0.2) is 109 Å². The Balaban J connectivity index is 1.62. The van der Waals surface area contributed by atoms with Gasteiger partial charge in [0.05, 0.1) is 22.8 Å². The fourth-order valence-corrected chi connectivity index (χ4v) is 5.24. The van der Waals surface area contributed by atoms with Crippen molar-refractivity contribution in [3.8, 4) is 22.5 Å². The minimum absolute atomic E-state index is 0.0692. The second kappa shape index (κ2) is 10.8. The average molecular weight is 569 g/mol. The smallest absolute Gasteiger partial charge is 0.300 e. The predicted molar refractivity (Wildman–Crippen MR) is 173 cm³/mol. The van der Waals surface area contributed by atoms with E-state index in [-0.39, 0.29) is 11.6 Å². The summed E-state index contributed by atoms with van der Waals surface area (Å²) in [4.78, 5) is 31.1. The van der Waals surface area contributed by atoms with E-state index in [1.54, 1.807) is 0 Å². The minimum atomic E-state index is -0.0692. The molecule has 8 nitrogen and oxygen atoms in total. The van der Waals surface area contributed by atoms with E-state index >= 15 is 0 Å². The molecule has 7 rings (SSSR count). The number of hydrogen-bond donors (Lipinski definition) is 0. The number of fused-ring (bicyclic) bond motifs is 2. The summed E-state index contributed by atoms with van der Waals surface area (Å²) in [7, 11) is 0. The Hall–Kier alpha value is -6.38. The van der Waals surface area contributed by atoms with Crippen molar-refractivity contribution in [3.63, 3.8) is 0 Å². The molecule has 6 aromatic rings. The first-order valence-electron chi connectivity index (χ1n) is 14.0. The van der Waals surface area contributed by atoms with Gasteiger partial charge in [0.2, 0.25) is 0 Å². The fraction of sp³-hybridized carbons (Fsp3) is 0.0556. The van der Waals surface area contributed by atoms with E-state index in [1.165, 1.54) is 0 Å². The van der Waals surface area contributed by atoms with Gasteiger partial charge in [0.25, 0.3) is 11.6 Å². The van der Waals surface area contributed by atoms with Crippen molar-refractivity contribution in [1.82, 2.24) is 19.9 Å². The van der Waals surface area contributed by atoms with Crippen LogP contribution in [-0.4, -0.2) is 19.9 Å². The third-order valence-electron chi connectivity index (χ3n) is 7.42. The highest BCUT2D eigenvalue weighted by molar-refractivity contribution is 5.99. The summed E-state index contributed by atoms with van der Waals surface area (Å²) < 4.78 is 0. The molecular formula is C36H24N8. The van der Waals surface area contributed by atoms with Crippen molar-refractivity contribution in [2.45, 2.75) is 13.8 Å². The zero-order valence-corrected chi connectivity index (χ0v) is 24.0. The Morgan fingerprint density at radius 3 is 1.14 bits per heavy atom. The van der Waals surface area contributed by atoms with Gasteiger partial charge in [-0.1, -0.05) is 109 Å². The van der Waals surface area contributed by atoms with E-state index < -0.39 is 0 Å². The van der Waals surface area contributed by atoms with Gasteiger partial charge in [-0.05, 0) is 38.1 Å². The number of benzene rings is 4. The number of anilines is 6. The average Bonchev–Trinajstić information content (AvgIpc) is 3.08. The zero-order chi connectivity index (χ0) is 30.2. The lowest BCUT2D eigenvalue weighted by atomic mass is 10.0. The zero-order valence-electron chi connectivity index (χ0n) is 24.0. The molecule has 208 valence electrons. The molecule has 1 aliphatic rings. The van der Waals surface area contributed by atoms with Crippen LogP contribution in [0.25, 0.3) is 32.2 Å². The van der Waals surface area contributed by atoms with E-state index in [1.807, 2.05) is 133 Å². The van der Waals surface area contributed by atoms with Crippen LogP contribution < -0.4 is 9.80 Å². The van der Waals surface area contributed by atoms with E-state index in [4.69, 9.17) is 33.1 Å². The predicted octanol–water partition coefficient (Wildman–Crippen LogP) is 9.57. The number of nitrogens with zero attached hydrogens (tertiary/aromatic N) is 8. The SMILES string of the molecule is [C-]#[N+]c1nc2c(nc1[N+]#[C-])N(c1ccc(C)cc1)c1nc(-c3ccccc3)c(-c3ccccc3)nc1N2c1ccc(C)cc1. The molecule has 0 saturated heterocycles. The standard InChI is InChI=1S/C36H24N8/c1-23-15-19-27(20-16-23)43-33-34(40-30(26-13-9-6-10-14-26)29(39-33)25-11-7-5-8-12-25)44(28-21-17-24(2)18-22-28)36-35(43)41-31(37-3)32(38-4)42-36/h5-22H,1-2H3. The molecule has 44 heavy (non-hydrogen) atoms. The largest absolute Gasteiger partial charge is 0.370 e. The molecule has 8 heteroatoms. The molecule has 0 unspecified atom stereocenters. The van der Waals surface area contributed by atoms with Crippen molar-refractivity contribution in [3.05, 3.63) is 143 Å². The second-order valence-electron chi connectivity index (χ2n) is 10.4. The van der Waals surface area contributed by atoms with Crippen LogP contribution in [0.2, 0.25) is 0 Å². The summed E-state index contributed by atoms with van der Waals surface area (Å²) in [6.45, 7) is 19.6. The maximum absolute atomic E-state index is 7.78. The number of aryl methyl sites for hydroxylation is 2. The lowest BCUT2D eigenvalue weighted by Gasteiger charge is -2.34. The lowest BCUT2D eigenvalue weighted by molar-refractivity contribution is 1.00. The molecule has 0 N–H and O–H groups in total. The van der Waals surface area contributed by atoms with E-state index in [0.29, 0.717) is 34.7 Å². The summed E-state index contributed by atoms with van der Waals surface area (Å²) in [5, 5.41) is 0. The lowest BCUT2D eigenvalue weighted by Crippen LogP contribution is -2.28. The fourth-order valence-electron chi connectivity index (χ4n) is 5.24. The van der Waals surface area contributed by atoms with Crippen LogP contribution in [-0.2, 0) is 0 Å².